The minimum atomic E-state index is 1.13. The van der Waals surface area contributed by atoms with Gasteiger partial charge in [0.1, 0.15) is 0 Å². The predicted octanol–water partition coefficient (Wildman–Crippen LogP) is 8.03. The summed E-state index contributed by atoms with van der Waals surface area (Å²) in [5, 5.41) is 0. The van der Waals surface area contributed by atoms with Crippen LogP contribution < -0.4 is 0 Å². The Bertz CT molecular complexity index is 695. The molecule has 0 aliphatic heterocycles. The van der Waals surface area contributed by atoms with E-state index >= 15 is 0 Å². The maximum Gasteiger partial charge on any atom is -0.00107 e. The van der Waals surface area contributed by atoms with E-state index in [0.717, 1.165) is 6.42 Å². The van der Waals surface area contributed by atoms with E-state index in [-0.39, 0.29) is 0 Å². The quantitative estimate of drug-likeness (QED) is 0.308. The molecule has 0 amide bonds. The van der Waals surface area contributed by atoms with Crippen LogP contribution in [-0.4, -0.2) is 0 Å². The lowest BCUT2D eigenvalue weighted by Gasteiger charge is -2.11. The Hall–Kier alpha value is -1.56. The van der Waals surface area contributed by atoms with Crippen LogP contribution >= 0.6 is 0 Å². The van der Waals surface area contributed by atoms with Crippen molar-refractivity contribution in [1.82, 2.24) is 0 Å². The van der Waals surface area contributed by atoms with E-state index in [2.05, 4.69) is 50.2 Å². The summed E-state index contributed by atoms with van der Waals surface area (Å²) in [4.78, 5) is 0. The van der Waals surface area contributed by atoms with E-state index in [1.54, 1.807) is 16.7 Å². The zero-order valence-electron chi connectivity index (χ0n) is 16.9. The van der Waals surface area contributed by atoms with Crippen molar-refractivity contribution in [3.8, 4) is 11.1 Å². The van der Waals surface area contributed by atoms with Crippen molar-refractivity contribution in [3.63, 3.8) is 0 Å². The first-order valence-electron chi connectivity index (χ1n) is 11.0. The number of unbranched alkanes of at least 4 members (excludes halogenated alkanes) is 9. The number of aryl methyl sites for hydroxylation is 1. The Morgan fingerprint density at radius 2 is 1.35 bits per heavy atom. The fourth-order valence-corrected chi connectivity index (χ4v) is 4.49. The van der Waals surface area contributed by atoms with Gasteiger partial charge in [0.2, 0.25) is 0 Å². The average molecular weight is 349 g/mol. The van der Waals surface area contributed by atoms with Crippen LogP contribution in [0.4, 0.5) is 0 Å². The van der Waals surface area contributed by atoms with Crippen LogP contribution in [0.25, 0.3) is 11.1 Å². The summed E-state index contributed by atoms with van der Waals surface area (Å²) < 4.78 is 0. The topological polar surface area (TPSA) is 0 Å². The molecule has 1 aliphatic rings. The monoisotopic (exact) mass is 348 g/mol. The lowest BCUT2D eigenvalue weighted by molar-refractivity contribution is 0.556. The summed E-state index contributed by atoms with van der Waals surface area (Å²) in [5.41, 5.74) is 9.14. The minimum Gasteiger partial charge on any atom is -0.0654 e. The molecule has 0 heteroatoms. The third kappa shape index (κ3) is 4.78. The van der Waals surface area contributed by atoms with Gasteiger partial charge in [-0.3, -0.25) is 0 Å². The van der Waals surface area contributed by atoms with Crippen molar-refractivity contribution >= 4 is 0 Å². The molecule has 0 radical (unpaired) electrons. The van der Waals surface area contributed by atoms with Crippen LogP contribution in [0.15, 0.2) is 36.4 Å². The zero-order valence-corrected chi connectivity index (χ0v) is 16.9. The summed E-state index contributed by atoms with van der Waals surface area (Å²) in [7, 11) is 0. The van der Waals surface area contributed by atoms with E-state index in [9.17, 15) is 0 Å². The van der Waals surface area contributed by atoms with Crippen molar-refractivity contribution in [3.05, 3.63) is 58.7 Å². The molecular weight excluding hydrogens is 312 g/mol. The van der Waals surface area contributed by atoms with Crippen LogP contribution in [-0.2, 0) is 12.8 Å². The number of fused-ring (bicyclic) bond motifs is 3. The Labute approximate surface area is 161 Å². The van der Waals surface area contributed by atoms with Crippen molar-refractivity contribution in [2.75, 3.05) is 0 Å². The predicted molar refractivity (Wildman–Crippen MR) is 115 cm³/mol. The van der Waals surface area contributed by atoms with Gasteiger partial charge in [-0.25, -0.2) is 0 Å². The van der Waals surface area contributed by atoms with Gasteiger partial charge in [0.15, 0.2) is 0 Å². The van der Waals surface area contributed by atoms with Crippen molar-refractivity contribution in [1.29, 1.82) is 0 Å². The second kappa shape index (κ2) is 9.95. The van der Waals surface area contributed by atoms with Crippen molar-refractivity contribution in [2.24, 2.45) is 0 Å². The molecule has 26 heavy (non-hydrogen) atoms. The van der Waals surface area contributed by atoms with Crippen LogP contribution in [0.3, 0.4) is 0 Å². The fourth-order valence-electron chi connectivity index (χ4n) is 4.49. The Morgan fingerprint density at radius 3 is 2.08 bits per heavy atom. The largest absolute Gasteiger partial charge is 0.0654 e. The lowest BCUT2D eigenvalue weighted by atomic mass is 9.94. The van der Waals surface area contributed by atoms with Gasteiger partial charge < -0.3 is 0 Å². The van der Waals surface area contributed by atoms with E-state index < -0.39 is 0 Å². The molecule has 0 bridgehead atoms. The second-order valence-electron chi connectivity index (χ2n) is 8.14. The number of hydrogen-bond donors (Lipinski definition) is 0. The molecule has 0 fully saturated rings. The maximum absolute atomic E-state index is 2.39. The summed E-state index contributed by atoms with van der Waals surface area (Å²) in [6.07, 6.45) is 16.5. The third-order valence-corrected chi connectivity index (χ3v) is 6.19. The summed E-state index contributed by atoms with van der Waals surface area (Å²) in [5.74, 6) is 0. The Kier molecular flexibility index (Phi) is 7.35. The molecule has 0 saturated carbocycles. The van der Waals surface area contributed by atoms with E-state index in [0.29, 0.717) is 0 Å². The highest BCUT2D eigenvalue weighted by atomic mass is 14.2. The second-order valence-corrected chi connectivity index (χ2v) is 8.14. The van der Waals surface area contributed by atoms with E-state index in [1.807, 2.05) is 0 Å². The van der Waals surface area contributed by atoms with E-state index in [1.165, 1.54) is 87.3 Å². The number of rotatable bonds is 11. The smallest absolute Gasteiger partial charge is 0.00107 e. The standard InChI is InChI=1S/C26H36/c1-3-4-5-6-7-8-9-10-11-12-15-22-18-19-25-24-17-14-13-16-23(24)20-26(25)21(22)2/h13-14,16-19H,3-12,15,20H2,1-2H3. The molecule has 1 aliphatic carbocycles. The molecule has 0 atom stereocenters. The highest BCUT2D eigenvalue weighted by Crippen LogP contribution is 2.39. The first-order valence-corrected chi connectivity index (χ1v) is 11.0. The van der Waals surface area contributed by atoms with Gasteiger partial charge in [-0.1, -0.05) is 101 Å². The summed E-state index contributed by atoms with van der Waals surface area (Å²) >= 11 is 0. The number of hydrogen-bond acceptors (Lipinski definition) is 0. The van der Waals surface area contributed by atoms with Gasteiger partial charge >= 0.3 is 0 Å². The van der Waals surface area contributed by atoms with Crippen LogP contribution in [0.1, 0.15) is 93.4 Å². The van der Waals surface area contributed by atoms with Crippen molar-refractivity contribution in [2.45, 2.75) is 90.9 Å². The van der Waals surface area contributed by atoms with Crippen molar-refractivity contribution < 1.29 is 0 Å². The number of benzene rings is 2. The average Bonchev–Trinajstić information content (AvgIpc) is 3.04. The molecule has 0 heterocycles. The van der Waals surface area contributed by atoms with Gasteiger partial charge in [-0.2, -0.15) is 0 Å². The molecule has 0 nitrogen and oxygen atoms in total. The molecule has 0 saturated heterocycles. The minimum absolute atomic E-state index is 1.13. The summed E-state index contributed by atoms with van der Waals surface area (Å²) in [6, 6.07) is 13.7. The molecule has 0 unspecified atom stereocenters. The first kappa shape index (κ1) is 19.2. The van der Waals surface area contributed by atoms with Gasteiger partial charge in [0.05, 0.1) is 0 Å². The highest BCUT2D eigenvalue weighted by Gasteiger charge is 2.20. The SMILES string of the molecule is CCCCCCCCCCCCc1ccc2c(c1C)Cc1ccccc1-2. The molecule has 2 aromatic carbocycles. The van der Waals surface area contributed by atoms with Crippen LogP contribution in [0.5, 0.6) is 0 Å². The lowest BCUT2D eigenvalue weighted by Crippen LogP contribution is -1.95. The fraction of sp³-hybridized carbons (Fsp3) is 0.538. The van der Waals surface area contributed by atoms with Gasteiger partial charge in [0.25, 0.3) is 0 Å². The van der Waals surface area contributed by atoms with Gasteiger partial charge in [0, 0.05) is 0 Å². The Morgan fingerprint density at radius 1 is 0.692 bits per heavy atom. The van der Waals surface area contributed by atoms with Crippen LogP contribution in [0.2, 0.25) is 0 Å². The third-order valence-electron chi connectivity index (χ3n) is 6.19. The highest BCUT2D eigenvalue weighted by molar-refractivity contribution is 5.78. The molecule has 2 aromatic rings. The molecule has 0 N–H and O–H groups in total. The van der Waals surface area contributed by atoms with E-state index in [4.69, 9.17) is 0 Å². The maximum atomic E-state index is 2.39. The molecule has 3 rings (SSSR count). The summed E-state index contributed by atoms with van der Waals surface area (Å²) in [6.45, 7) is 4.64. The molecule has 0 spiro atoms. The van der Waals surface area contributed by atoms with Gasteiger partial charge in [-0.15, -0.1) is 0 Å². The van der Waals surface area contributed by atoms with Gasteiger partial charge in [-0.05, 0) is 59.6 Å². The Balaban J connectivity index is 1.40. The molecular formula is C26H36. The zero-order chi connectivity index (χ0) is 18.2. The first-order chi connectivity index (χ1) is 12.8. The molecule has 140 valence electrons. The normalized spacial score (nSPS) is 12.2. The molecule has 0 aromatic heterocycles. The van der Waals surface area contributed by atoms with Crippen LogP contribution in [0, 0.1) is 6.92 Å².